The molecule has 0 radical (unpaired) electrons. The maximum Gasteiger partial charge on any atom is 0.460 e. The fourth-order valence-electron chi connectivity index (χ4n) is 0.525. The van der Waals surface area contributed by atoms with Crippen molar-refractivity contribution < 1.29 is 48.3 Å². The zero-order chi connectivity index (χ0) is 15.2. The molecule has 0 atom stereocenters. The van der Waals surface area contributed by atoms with Gasteiger partial charge in [-0.15, -0.1) is 0 Å². The molecule has 0 N–H and O–H groups in total. The smallest absolute Gasteiger partial charge is 0.203 e. The molecule has 0 fully saturated rings. The molecular formula is C6ClF11. The highest BCUT2D eigenvalue weighted by atomic mass is 35.5. The van der Waals surface area contributed by atoms with Crippen LogP contribution in [0.2, 0.25) is 0 Å². The molecule has 0 bridgehead atoms. The van der Waals surface area contributed by atoms with Gasteiger partial charge in [0.25, 0.3) is 0 Å². The number of halogens is 12. The summed E-state index contributed by atoms with van der Waals surface area (Å²) in [5, 5.41) is -3.57. The first-order valence-corrected chi connectivity index (χ1v) is 3.90. The van der Waals surface area contributed by atoms with Gasteiger partial charge in [0.15, 0.2) is 5.83 Å². The van der Waals surface area contributed by atoms with E-state index in [-0.39, 0.29) is 0 Å². The third-order valence-electron chi connectivity index (χ3n) is 1.46. The summed E-state index contributed by atoms with van der Waals surface area (Å²) < 4.78 is 130. The van der Waals surface area contributed by atoms with Gasteiger partial charge in [-0.1, -0.05) is 11.6 Å². The number of alkyl halides is 10. The molecular weight excluding hydrogens is 316 g/mol. The van der Waals surface area contributed by atoms with Crippen LogP contribution in [-0.4, -0.2) is 24.2 Å². The van der Waals surface area contributed by atoms with Crippen LogP contribution in [0.25, 0.3) is 0 Å². The van der Waals surface area contributed by atoms with Crippen LogP contribution in [-0.2, 0) is 0 Å². The zero-order valence-corrected chi connectivity index (χ0v) is 8.29. The fourth-order valence-corrected chi connectivity index (χ4v) is 0.750. The Morgan fingerprint density at radius 3 is 1.11 bits per heavy atom. The summed E-state index contributed by atoms with van der Waals surface area (Å²) in [5.41, 5.74) is 0. The molecule has 0 aromatic rings. The lowest BCUT2D eigenvalue weighted by Crippen LogP contribution is -2.42. The van der Waals surface area contributed by atoms with Crippen molar-refractivity contribution >= 4 is 11.6 Å². The molecule has 0 aliphatic rings. The van der Waals surface area contributed by atoms with E-state index in [1.165, 1.54) is 0 Å². The third kappa shape index (κ3) is 2.81. The Balaban J connectivity index is 5.81. The summed E-state index contributed by atoms with van der Waals surface area (Å²) in [6.45, 7) is 0. The van der Waals surface area contributed by atoms with Crippen molar-refractivity contribution in [2.45, 2.75) is 24.2 Å². The van der Waals surface area contributed by atoms with Crippen molar-refractivity contribution in [3.05, 3.63) is 10.9 Å². The SMILES string of the molecule is FC(=C(Cl)C(F)(F)C(F)(F)F)C(F)(F)C(F)(F)F. The summed E-state index contributed by atoms with van der Waals surface area (Å²) in [5.74, 6) is -17.0. The molecule has 0 unspecified atom stereocenters. The van der Waals surface area contributed by atoms with Gasteiger partial charge in [0.05, 0.1) is 0 Å². The summed E-state index contributed by atoms with van der Waals surface area (Å²) in [7, 11) is 0. The van der Waals surface area contributed by atoms with Crippen molar-refractivity contribution in [2.75, 3.05) is 0 Å². The Kier molecular flexibility index (Phi) is 4.24. The molecule has 12 heteroatoms. The minimum Gasteiger partial charge on any atom is -0.203 e. The monoisotopic (exact) mass is 316 g/mol. The van der Waals surface area contributed by atoms with E-state index in [2.05, 4.69) is 11.6 Å². The van der Waals surface area contributed by atoms with Crippen molar-refractivity contribution in [1.82, 2.24) is 0 Å². The van der Waals surface area contributed by atoms with E-state index in [1.54, 1.807) is 0 Å². The largest absolute Gasteiger partial charge is 0.460 e. The number of allylic oxidation sites excluding steroid dienone is 2. The molecule has 0 heterocycles. The molecule has 0 saturated heterocycles. The topological polar surface area (TPSA) is 0 Å². The van der Waals surface area contributed by atoms with Crippen molar-refractivity contribution in [1.29, 1.82) is 0 Å². The molecule has 0 spiro atoms. The summed E-state index contributed by atoms with van der Waals surface area (Å²) in [6.07, 6.45) is -13.3. The van der Waals surface area contributed by atoms with Crippen LogP contribution in [0, 0.1) is 0 Å². The van der Waals surface area contributed by atoms with Gasteiger partial charge in [-0.25, -0.2) is 4.39 Å². The Morgan fingerprint density at radius 1 is 0.611 bits per heavy atom. The minimum atomic E-state index is -6.71. The van der Waals surface area contributed by atoms with E-state index in [1.807, 2.05) is 0 Å². The second-order valence-electron chi connectivity index (χ2n) is 2.77. The van der Waals surface area contributed by atoms with E-state index < -0.39 is 35.1 Å². The quantitative estimate of drug-likeness (QED) is 0.642. The lowest BCUT2D eigenvalue weighted by atomic mass is 10.2. The second-order valence-corrected chi connectivity index (χ2v) is 3.15. The van der Waals surface area contributed by atoms with Gasteiger partial charge in [0.2, 0.25) is 0 Å². The van der Waals surface area contributed by atoms with E-state index in [4.69, 9.17) is 0 Å². The first-order valence-electron chi connectivity index (χ1n) is 3.52. The van der Waals surface area contributed by atoms with Crippen molar-refractivity contribution in [2.24, 2.45) is 0 Å². The van der Waals surface area contributed by atoms with E-state index in [0.717, 1.165) is 0 Å². The van der Waals surface area contributed by atoms with Gasteiger partial charge in [-0.2, -0.15) is 43.9 Å². The average Bonchev–Trinajstić information content (AvgIpc) is 2.11. The van der Waals surface area contributed by atoms with Gasteiger partial charge in [0.1, 0.15) is 5.03 Å². The molecule has 0 amide bonds. The van der Waals surface area contributed by atoms with Gasteiger partial charge in [0, 0.05) is 0 Å². The van der Waals surface area contributed by atoms with Crippen LogP contribution in [0.4, 0.5) is 48.3 Å². The van der Waals surface area contributed by atoms with Crippen LogP contribution in [0.15, 0.2) is 10.9 Å². The van der Waals surface area contributed by atoms with Crippen molar-refractivity contribution in [3.63, 3.8) is 0 Å². The van der Waals surface area contributed by atoms with Crippen LogP contribution < -0.4 is 0 Å². The molecule has 0 aliphatic heterocycles. The van der Waals surface area contributed by atoms with Gasteiger partial charge in [-0.05, 0) is 0 Å². The maximum absolute atomic E-state index is 12.4. The molecule has 0 rings (SSSR count). The Bertz CT molecular complexity index is 312. The van der Waals surface area contributed by atoms with Gasteiger partial charge < -0.3 is 0 Å². The molecule has 18 heavy (non-hydrogen) atoms. The number of rotatable bonds is 2. The molecule has 0 aromatic carbocycles. The summed E-state index contributed by atoms with van der Waals surface area (Å²) in [4.78, 5) is 0. The molecule has 0 saturated carbocycles. The number of hydrogen-bond acceptors (Lipinski definition) is 0. The summed E-state index contributed by atoms with van der Waals surface area (Å²) in [6, 6.07) is 0. The van der Waals surface area contributed by atoms with E-state index >= 15 is 0 Å². The molecule has 0 aromatic heterocycles. The molecule has 108 valence electrons. The zero-order valence-electron chi connectivity index (χ0n) is 7.54. The van der Waals surface area contributed by atoms with Crippen LogP contribution >= 0.6 is 11.6 Å². The van der Waals surface area contributed by atoms with Crippen LogP contribution in [0.3, 0.4) is 0 Å². The lowest BCUT2D eigenvalue weighted by Gasteiger charge is -2.23. The molecule has 0 nitrogen and oxygen atoms in total. The van der Waals surface area contributed by atoms with Gasteiger partial charge >= 0.3 is 24.2 Å². The second kappa shape index (κ2) is 4.42. The average molecular weight is 316 g/mol. The standard InChI is InChI=1S/C6ClF11/c7-1(3(9,10)5(13,14)15)2(8)4(11,12)6(16,17)18. The highest BCUT2D eigenvalue weighted by Gasteiger charge is 2.67. The highest BCUT2D eigenvalue weighted by Crippen LogP contribution is 2.50. The van der Waals surface area contributed by atoms with Gasteiger partial charge in [-0.3, -0.25) is 0 Å². The lowest BCUT2D eigenvalue weighted by molar-refractivity contribution is -0.278. The maximum atomic E-state index is 12.4. The van der Waals surface area contributed by atoms with E-state index in [9.17, 15) is 48.3 Å². The van der Waals surface area contributed by atoms with Crippen LogP contribution in [0.1, 0.15) is 0 Å². The Hall–Kier alpha value is -0.740. The first kappa shape index (κ1) is 17.3. The van der Waals surface area contributed by atoms with Crippen LogP contribution in [0.5, 0.6) is 0 Å². The van der Waals surface area contributed by atoms with Crippen molar-refractivity contribution in [3.8, 4) is 0 Å². The minimum absolute atomic E-state index is 3.57. The molecule has 0 aliphatic carbocycles. The predicted molar refractivity (Wildman–Crippen MR) is 36.0 cm³/mol. The Morgan fingerprint density at radius 2 is 0.889 bits per heavy atom. The highest BCUT2D eigenvalue weighted by molar-refractivity contribution is 6.31. The first-order chi connectivity index (χ1) is 7.57. The predicted octanol–water partition coefficient (Wildman–Crippen LogP) is 4.80. The number of hydrogen-bond donors (Lipinski definition) is 0. The third-order valence-corrected chi connectivity index (χ3v) is 1.86. The summed E-state index contributed by atoms with van der Waals surface area (Å²) >= 11 is 3.95. The Labute approximate surface area is 96.0 Å². The fraction of sp³-hybridized carbons (Fsp3) is 0.667. The normalized spacial score (nSPS) is 16.7. The van der Waals surface area contributed by atoms with E-state index in [0.29, 0.717) is 0 Å².